The van der Waals surface area contributed by atoms with E-state index in [1.54, 1.807) is 11.3 Å². The lowest BCUT2D eigenvalue weighted by Gasteiger charge is -2.02. The van der Waals surface area contributed by atoms with Gasteiger partial charge in [0.25, 0.3) is 0 Å². The van der Waals surface area contributed by atoms with Crippen molar-refractivity contribution in [2.45, 2.75) is 51.6 Å². The van der Waals surface area contributed by atoms with E-state index in [9.17, 15) is 0 Å². The summed E-state index contributed by atoms with van der Waals surface area (Å²) in [5.41, 5.74) is 1.22. The highest BCUT2D eigenvalue weighted by molar-refractivity contribution is 7.09. The van der Waals surface area contributed by atoms with Crippen LogP contribution in [-0.2, 0) is 6.54 Å². The maximum atomic E-state index is 4.64. The Balaban J connectivity index is 1.87. The van der Waals surface area contributed by atoms with Crippen LogP contribution in [0, 0.1) is 0 Å². The Morgan fingerprint density at radius 2 is 2.43 bits per heavy atom. The highest BCUT2D eigenvalue weighted by Gasteiger charge is 2.20. The van der Waals surface area contributed by atoms with Crippen LogP contribution in [0.4, 0.5) is 0 Å². The average molecular weight is 210 g/mol. The summed E-state index contributed by atoms with van der Waals surface area (Å²) in [5.74, 6) is 0.620. The maximum absolute atomic E-state index is 4.64. The fourth-order valence-corrected chi connectivity index (χ4v) is 2.30. The van der Waals surface area contributed by atoms with Crippen molar-refractivity contribution in [1.29, 1.82) is 0 Å². The van der Waals surface area contributed by atoms with Gasteiger partial charge in [0.2, 0.25) is 0 Å². The number of thiazole rings is 1. The lowest BCUT2D eigenvalue weighted by Crippen LogP contribution is -2.15. The lowest BCUT2D eigenvalue weighted by atomic mass is 10.1. The van der Waals surface area contributed by atoms with Gasteiger partial charge in [0.1, 0.15) is 0 Å². The molecule has 1 heterocycles. The molecule has 1 atom stereocenters. The molecule has 1 aliphatic carbocycles. The first kappa shape index (κ1) is 10.1. The zero-order chi connectivity index (χ0) is 9.97. The van der Waals surface area contributed by atoms with Crippen LogP contribution >= 0.6 is 11.3 Å². The SMILES string of the molecule is CCC(C)c1nc(CNC2CC2)cs1. The minimum Gasteiger partial charge on any atom is -0.308 e. The van der Waals surface area contributed by atoms with Gasteiger partial charge in [0.15, 0.2) is 0 Å². The van der Waals surface area contributed by atoms with E-state index in [-0.39, 0.29) is 0 Å². The van der Waals surface area contributed by atoms with Gasteiger partial charge in [-0.1, -0.05) is 13.8 Å². The normalized spacial score (nSPS) is 18.4. The first-order chi connectivity index (χ1) is 6.79. The zero-order valence-corrected chi connectivity index (χ0v) is 9.73. The molecular weight excluding hydrogens is 192 g/mol. The van der Waals surface area contributed by atoms with E-state index in [1.165, 1.54) is 30.0 Å². The molecule has 0 aromatic carbocycles. The average Bonchev–Trinajstić information content (AvgIpc) is 2.92. The van der Waals surface area contributed by atoms with Gasteiger partial charge >= 0.3 is 0 Å². The van der Waals surface area contributed by atoms with E-state index >= 15 is 0 Å². The fourth-order valence-electron chi connectivity index (χ4n) is 1.34. The minimum absolute atomic E-state index is 0.620. The quantitative estimate of drug-likeness (QED) is 0.808. The summed E-state index contributed by atoms with van der Waals surface area (Å²) in [5, 5.41) is 6.97. The number of aromatic nitrogens is 1. The Bertz CT molecular complexity index is 291. The highest BCUT2D eigenvalue weighted by atomic mass is 32.1. The highest BCUT2D eigenvalue weighted by Crippen LogP contribution is 2.23. The summed E-state index contributed by atoms with van der Waals surface area (Å²) in [6.45, 7) is 5.42. The van der Waals surface area contributed by atoms with E-state index in [0.717, 1.165) is 12.6 Å². The van der Waals surface area contributed by atoms with Crippen molar-refractivity contribution < 1.29 is 0 Å². The minimum atomic E-state index is 0.620. The van der Waals surface area contributed by atoms with Gasteiger partial charge < -0.3 is 5.32 Å². The van der Waals surface area contributed by atoms with E-state index < -0.39 is 0 Å². The third kappa shape index (κ3) is 2.55. The number of hydrogen-bond donors (Lipinski definition) is 1. The summed E-state index contributed by atoms with van der Waals surface area (Å²) in [7, 11) is 0. The number of hydrogen-bond acceptors (Lipinski definition) is 3. The van der Waals surface area contributed by atoms with Crippen LogP contribution in [0.15, 0.2) is 5.38 Å². The van der Waals surface area contributed by atoms with E-state index in [4.69, 9.17) is 0 Å². The molecule has 14 heavy (non-hydrogen) atoms. The fraction of sp³-hybridized carbons (Fsp3) is 0.727. The smallest absolute Gasteiger partial charge is 0.0956 e. The standard InChI is InChI=1S/C11H18N2S/c1-3-8(2)11-13-10(7-14-11)6-12-9-4-5-9/h7-9,12H,3-6H2,1-2H3. The molecule has 0 aliphatic heterocycles. The summed E-state index contributed by atoms with van der Waals surface area (Å²) in [6.07, 6.45) is 3.88. The Morgan fingerprint density at radius 1 is 1.64 bits per heavy atom. The molecule has 0 bridgehead atoms. The van der Waals surface area contributed by atoms with Crippen LogP contribution in [-0.4, -0.2) is 11.0 Å². The summed E-state index contributed by atoms with van der Waals surface area (Å²) < 4.78 is 0. The van der Waals surface area contributed by atoms with Crippen molar-refractivity contribution in [2.75, 3.05) is 0 Å². The Hall–Kier alpha value is -0.410. The van der Waals surface area contributed by atoms with Crippen LogP contribution in [0.1, 0.15) is 49.7 Å². The van der Waals surface area contributed by atoms with Crippen LogP contribution in [0.5, 0.6) is 0 Å². The second-order valence-corrected chi connectivity index (χ2v) is 5.03. The van der Waals surface area contributed by atoms with Crippen LogP contribution in [0.3, 0.4) is 0 Å². The summed E-state index contributed by atoms with van der Waals surface area (Å²) in [6, 6.07) is 0.781. The molecule has 0 saturated heterocycles. The van der Waals surface area contributed by atoms with Gasteiger partial charge in [-0.05, 0) is 19.3 Å². The van der Waals surface area contributed by atoms with Gasteiger partial charge in [-0.15, -0.1) is 11.3 Å². The molecule has 2 rings (SSSR count). The van der Waals surface area contributed by atoms with Crippen molar-refractivity contribution in [2.24, 2.45) is 0 Å². The topological polar surface area (TPSA) is 24.9 Å². The van der Waals surface area contributed by atoms with Gasteiger partial charge in [-0.3, -0.25) is 0 Å². The monoisotopic (exact) mass is 210 g/mol. The molecule has 0 radical (unpaired) electrons. The van der Waals surface area contributed by atoms with Crippen LogP contribution in [0.25, 0.3) is 0 Å². The molecule has 1 unspecified atom stereocenters. The molecule has 1 fully saturated rings. The third-order valence-electron chi connectivity index (χ3n) is 2.75. The molecular formula is C11H18N2S. The van der Waals surface area contributed by atoms with Crippen molar-refractivity contribution in [3.8, 4) is 0 Å². The van der Waals surface area contributed by atoms with Gasteiger partial charge in [0.05, 0.1) is 10.7 Å². The molecule has 1 saturated carbocycles. The van der Waals surface area contributed by atoms with Crippen LogP contribution < -0.4 is 5.32 Å². The zero-order valence-electron chi connectivity index (χ0n) is 8.92. The lowest BCUT2D eigenvalue weighted by molar-refractivity contribution is 0.667. The van der Waals surface area contributed by atoms with Gasteiger partial charge in [-0.25, -0.2) is 4.98 Å². The molecule has 1 aromatic heterocycles. The van der Waals surface area contributed by atoms with Crippen LogP contribution in [0.2, 0.25) is 0 Å². The molecule has 2 nitrogen and oxygen atoms in total. The number of rotatable bonds is 5. The van der Waals surface area contributed by atoms with E-state index in [2.05, 4.69) is 29.5 Å². The predicted octanol–water partition coefficient (Wildman–Crippen LogP) is 2.91. The van der Waals surface area contributed by atoms with E-state index in [0.29, 0.717) is 5.92 Å². The molecule has 0 amide bonds. The maximum Gasteiger partial charge on any atom is 0.0956 e. The molecule has 1 aromatic rings. The summed E-state index contributed by atoms with van der Waals surface area (Å²) >= 11 is 1.80. The van der Waals surface area contributed by atoms with Crippen molar-refractivity contribution in [1.82, 2.24) is 10.3 Å². The van der Waals surface area contributed by atoms with Gasteiger partial charge in [-0.2, -0.15) is 0 Å². The Morgan fingerprint density at radius 3 is 3.07 bits per heavy atom. The van der Waals surface area contributed by atoms with Gasteiger partial charge in [0, 0.05) is 23.9 Å². The van der Waals surface area contributed by atoms with E-state index in [1.807, 2.05) is 0 Å². The second-order valence-electron chi connectivity index (χ2n) is 4.14. The number of nitrogens with zero attached hydrogens (tertiary/aromatic N) is 1. The molecule has 78 valence electrons. The molecule has 0 spiro atoms. The first-order valence-electron chi connectivity index (χ1n) is 5.47. The largest absolute Gasteiger partial charge is 0.308 e. The Kier molecular flexibility index (Phi) is 3.19. The second kappa shape index (κ2) is 4.41. The molecule has 1 aliphatic rings. The van der Waals surface area contributed by atoms with Crippen molar-refractivity contribution >= 4 is 11.3 Å². The molecule has 3 heteroatoms. The predicted molar refractivity (Wildman–Crippen MR) is 60.7 cm³/mol. The van der Waals surface area contributed by atoms with Crippen molar-refractivity contribution in [3.05, 3.63) is 16.1 Å². The summed E-state index contributed by atoms with van der Waals surface area (Å²) in [4.78, 5) is 4.64. The van der Waals surface area contributed by atoms with Crippen molar-refractivity contribution in [3.63, 3.8) is 0 Å². The number of nitrogens with one attached hydrogen (secondary N) is 1. The Labute approximate surface area is 89.8 Å². The first-order valence-corrected chi connectivity index (χ1v) is 6.35. The molecule has 1 N–H and O–H groups in total. The third-order valence-corrected chi connectivity index (χ3v) is 3.88.